The van der Waals surface area contributed by atoms with Crippen LogP contribution in [0.15, 0.2) is 30.3 Å². The van der Waals surface area contributed by atoms with Gasteiger partial charge in [0.15, 0.2) is 6.29 Å². The molecule has 1 aromatic rings. The van der Waals surface area contributed by atoms with E-state index in [4.69, 9.17) is 24.7 Å². The van der Waals surface area contributed by atoms with Crippen LogP contribution in [0.3, 0.4) is 0 Å². The first-order chi connectivity index (χ1) is 26.2. The van der Waals surface area contributed by atoms with E-state index in [-0.39, 0.29) is 45.0 Å². The molecule has 2 rings (SSSR count). The van der Waals surface area contributed by atoms with Crippen molar-refractivity contribution in [3.8, 4) is 0 Å². The Balaban J connectivity index is 2.22. The van der Waals surface area contributed by atoms with Crippen molar-refractivity contribution in [2.24, 2.45) is 17.6 Å². The fourth-order valence-corrected chi connectivity index (χ4v) is 6.82. The molecule has 1 fully saturated rings. The summed E-state index contributed by atoms with van der Waals surface area (Å²) in [4.78, 5) is 38.9. The van der Waals surface area contributed by atoms with E-state index in [0.717, 1.165) is 31.2 Å². The van der Waals surface area contributed by atoms with Crippen molar-refractivity contribution < 1.29 is 53.8 Å². The standard InChI is InChI=1S/C42H72N2O11/c1-6-8-9-10-11-12-13-17-25-53-41-36(47)37(35(46)33(55-41)24-26-52-32(7-2)28-45)54-34(38(43)48)27-31(39(49)44-42(3,4)5)23-22-30(40(50)51)21-20-29-18-15-14-16-19-29/h14-16,18-19,30-37,41,45-47H,6-13,17,20-28H2,1-5H3,(H2,43,48)(H,44,49)(H,50,51). The van der Waals surface area contributed by atoms with E-state index in [2.05, 4.69) is 12.2 Å². The van der Waals surface area contributed by atoms with Gasteiger partial charge in [-0.05, 0) is 77.7 Å². The van der Waals surface area contributed by atoms with Crippen LogP contribution in [0.25, 0.3) is 0 Å². The summed E-state index contributed by atoms with van der Waals surface area (Å²) in [6, 6.07) is 9.57. The van der Waals surface area contributed by atoms with E-state index < -0.39 is 72.0 Å². The van der Waals surface area contributed by atoms with E-state index in [9.17, 15) is 34.8 Å². The Kier molecular flexibility index (Phi) is 23.2. The SMILES string of the molecule is CCCCCCCCCCOC1OC(CCOC(CC)CO)C(O)C(OC(CC(CCC(CCc2ccccc2)C(=O)O)C(=O)NC(C)(C)C)C(N)=O)C1O. The van der Waals surface area contributed by atoms with Crippen LogP contribution in [0.4, 0.5) is 0 Å². The predicted octanol–water partition coefficient (Wildman–Crippen LogP) is 5.04. The van der Waals surface area contributed by atoms with Crippen molar-refractivity contribution >= 4 is 17.8 Å². The number of carboxylic acids is 1. The molecule has 1 saturated heterocycles. The Morgan fingerprint density at radius 1 is 0.891 bits per heavy atom. The number of carboxylic acid groups (broad SMARTS) is 1. The number of aliphatic carboxylic acids is 1. The number of aliphatic hydroxyl groups excluding tert-OH is 3. The molecule has 13 nitrogen and oxygen atoms in total. The zero-order valence-corrected chi connectivity index (χ0v) is 34.0. The molecule has 13 heteroatoms. The lowest BCUT2D eigenvalue weighted by Crippen LogP contribution is -2.61. The second-order valence-corrected chi connectivity index (χ2v) is 16.0. The molecule has 316 valence electrons. The van der Waals surface area contributed by atoms with Crippen LogP contribution in [-0.4, -0.2) is 106 Å². The Labute approximate surface area is 329 Å². The third kappa shape index (κ3) is 18.9. The van der Waals surface area contributed by atoms with Gasteiger partial charge >= 0.3 is 5.97 Å². The Hall–Kier alpha value is -2.65. The van der Waals surface area contributed by atoms with Crippen molar-refractivity contribution in [2.45, 2.75) is 179 Å². The van der Waals surface area contributed by atoms with Crippen LogP contribution in [0.2, 0.25) is 0 Å². The summed E-state index contributed by atoms with van der Waals surface area (Å²) >= 11 is 0. The molecule has 1 heterocycles. The molecule has 0 aromatic heterocycles. The number of carbonyl (C=O) groups is 3. The van der Waals surface area contributed by atoms with Gasteiger partial charge in [0, 0.05) is 24.7 Å². The van der Waals surface area contributed by atoms with Crippen LogP contribution in [0, 0.1) is 11.8 Å². The number of aryl methyl sites for hydroxylation is 1. The number of ether oxygens (including phenoxy) is 4. The summed E-state index contributed by atoms with van der Waals surface area (Å²) in [5.74, 6) is -3.87. The molecule has 7 N–H and O–H groups in total. The maximum atomic E-state index is 13.6. The first-order valence-electron chi connectivity index (χ1n) is 20.6. The highest BCUT2D eigenvalue weighted by Crippen LogP contribution is 2.30. The van der Waals surface area contributed by atoms with Crippen molar-refractivity contribution in [3.63, 3.8) is 0 Å². The largest absolute Gasteiger partial charge is 0.481 e. The minimum Gasteiger partial charge on any atom is -0.481 e. The number of rotatable bonds is 29. The van der Waals surface area contributed by atoms with Gasteiger partial charge in [0.25, 0.3) is 0 Å². The minimum atomic E-state index is -1.50. The average molecular weight is 781 g/mol. The first kappa shape index (κ1) is 48.5. The van der Waals surface area contributed by atoms with Gasteiger partial charge in [-0.1, -0.05) is 89.1 Å². The van der Waals surface area contributed by atoms with E-state index in [0.29, 0.717) is 25.9 Å². The van der Waals surface area contributed by atoms with E-state index in [1.54, 1.807) is 0 Å². The Bertz CT molecular complexity index is 1210. The summed E-state index contributed by atoms with van der Waals surface area (Å²) in [7, 11) is 0. The fourth-order valence-electron chi connectivity index (χ4n) is 6.82. The molecular weight excluding hydrogens is 708 g/mol. The molecule has 0 spiro atoms. The number of unbranched alkanes of at least 4 members (excludes halogenated alkanes) is 7. The van der Waals surface area contributed by atoms with Gasteiger partial charge in [-0.2, -0.15) is 0 Å². The lowest BCUT2D eigenvalue weighted by Gasteiger charge is -2.43. The van der Waals surface area contributed by atoms with Crippen LogP contribution >= 0.6 is 0 Å². The van der Waals surface area contributed by atoms with Crippen molar-refractivity contribution in [2.75, 3.05) is 19.8 Å². The number of hydrogen-bond donors (Lipinski definition) is 6. The van der Waals surface area contributed by atoms with E-state index in [1.807, 2.05) is 58.0 Å². The highest BCUT2D eigenvalue weighted by atomic mass is 16.7. The molecular formula is C42H72N2O11. The molecule has 0 radical (unpaired) electrons. The van der Waals surface area contributed by atoms with Gasteiger partial charge in [0.1, 0.15) is 24.4 Å². The van der Waals surface area contributed by atoms with Crippen molar-refractivity contribution in [3.05, 3.63) is 35.9 Å². The molecule has 55 heavy (non-hydrogen) atoms. The average Bonchev–Trinajstić information content (AvgIpc) is 3.13. The minimum absolute atomic E-state index is 0.132. The molecule has 2 amide bonds. The van der Waals surface area contributed by atoms with Crippen LogP contribution < -0.4 is 11.1 Å². The highest BCUT2D eigenvalue weighted by molar-refractivity contribution is 5.82. The fraction of sp³-hybridized carbons (Fsp3) is 0.786. The molecule has 9 unspecified atom stereocenters. The molecule has 0 aliphatic carbocycles. The number of hydrogen-bond acceptors (Lipinski definition) is 10. The number of primary amides is 1. The summed E-state index contributed by atoms with van der Waals surface area (Å²) < 4.78 is 23.9. The Morgan fingerprint density at radius 2 is 1.53 bits per heavy atom. The van der Waals surface area contributed by atoms with Crippen molar-refractivity contribution in [1.82, 2.24) is 5.32 Å². The second kappa shape index (κ2) is 26.3. The maximum absolute atomic E-state index is 13.6. The lowest BCUT2D eigenvalue weighted by molar-refractivity contribution is -0.310. The summed E-state index contributed by atoms with van der Waals surface area (Å²) in [6.45, 7) is 9.80. The van der Waals surface area contributed by atoms with Crippen LogP contribution in [0.5, 0.6) is 0 Å². The number of amides is 2. The number of nitrogens with one attached hydrogen (secondary N) is 1. The number of carbonyl (C=O) groups excluding carboxylic acids is 2. The van der Waals surface area contributed by atoms with Gasteiger partial charge in [0.2, 0.25) is 11.8 Å². The topological polar surface area (TPSA) is 207 Å². The third-order valence-electron chi connectivity index (χ3n) is 10.2. The normalized spacial score (nSPS) is 22.4. The van der Waals surface area contributed by atoms with Crippen LogP contribution in [0.1, 0.15) is 130 Å². The first-order valence-corrected chi connectivity index (χ1v) is 20.6. The smallest absolute Gasteiger partial charge is 0.306 e. The second-order valence-electron chi connectivity index (χ2n) is 16.0. The monoisotopic (exact) mass is 781 g/mol. The quantitative estimate of drug-likeness (QED) is 0.0594. The molecule has 1 aromatic carbocycles. The highest BCUT2D eigenvalue weighted by Gasteiger charge is 2.47. The van der Waals surface area contributed by atoms with Gasteiger partial charge < -0.3 is 50.4 Å². The van der Waals surface area contributed by atoms with Gasteiger partial charge in [-0.3, -0.25) is 14.4 Å². The molecule has 1 aliphatic heterocycles. The molecule has 0 bridgehead atoms. The van der Waals surface area contributed by atoms with Crippen LogP contribution in [-0.2, 0) is 39.8 Å². The molecule has 1 aliphatic rings. The predicted molar refractivity (Wildman–Crippen MR) is 210 cm³/mol. The van der Waals surface area contributed by atoms with E-state index in [1.165, 1.54) is 25.7 Å². The summed E-state index contributed by atoms with van der Waals surface area (Å²) in [5, 5.41) is 45.5. The molecule has 9 atom stereocenters. The van der Waals surface area contributed by atoms with Gasteiger partial charge in [-0.15, -0.1) is 0 Å². The molecule has 0 saturated carbocycles. The zero-order chi connectivity index (χ0) is 40.8. The maximum Gasteiger partial charge on any atom is 0.306 e. The van der Waals surface area contributed by atoms with Gasteiger partial charge in [-0.25, -0.2) is 0 Å². The summed E-state index contributed by atoms with van der Waals surface area (Å²) in [5.41, 5.74) is 6.25. The van der Waals surface area contributed by atoms with Gasteiger partial charge in [0.05, 0.1) is 24.7 Å². The zero-order valence-electron chi connectivity index (χ0n) is 34.0. The number of aliphatic hydroxyl groups is 3. The van der Waals surface area contributed by atoms with Crippen molar-refractivity contribution in [1.29, 1.82) is 0 Å². The van der Waals surface area contributed by atoms with E-state index >= 15 is 0 Å². The third-order valence-corrected chi connectivity index (χ3v) is 10.2. The Morgan fingerprint density at radius 3 is 2.11 bits per heavy atom. The lowest BCUT2D eigenvalue weighted by atomic mass is 9.87. The summed E-state index contributed by atoms with van der Waals surface area (Å²) in [6.07, 6.45) is 2.36. The number of nitrogens with two attached hydrogens (primary N) is 1. The number of benzene rings is 1.